The maximum Gasteiger partial charge on any atom is 0.244 e. The second-order valence-electron chi connectivity index (χ2n) is 6.36. The van der Waals surface area contributed by atoms with E-state index in [9.17, 15) is 9.90 Å². The van der Waals surface area contributed by atoms with Crippen LogP contribution in [-0.4, -0.2) is 78.6 Å². The van der Waals surface area contributed by atoms with Gasteiger partial charge in [-0.15, -0.1) is 0 Å². The molecule has 1 aliphatic heterocycles. The van der Waals surface area contributed by atoms with Gasteiger partial charge in [-0.1, -0.05) is 37.3 Å². The second kappa shape index (κ2) is 8.43. The number of aliphatic hydroxyl groups is 1. The predicted octanol–water partition coefficient (Wildman–Crippen LogP) is 1.20. The van der Waals surface area contributed by atoms with Crippen LogP contribution in [0.5, 0.6) is 0 Å². The maximum absolute atomic E-state index is 12.7. The average Bonchev–Trinajstić information content (AvgIpc) is 2.58. The first-order chi connectivity index (χ1) is 11.1. The van der Waals surface area contributed by atoms with Gasteiger partial charge in [0.15, 0.2) is 0 Å². The van der Waals surface area contributed by atoms with Gasteiger partial charge in [0.25, 0.3) is 0 Å². The van der Waals surface area contributed by atoms with Crippen LogP contribution >= 0.6 is 0 Å². The highest BCUT2D eigenvalue weighted by atomic mass is 16.3. The summed E-state index contributed by atoms with van der Waals surface area (Å²) in [7, 11) is 3.63. The highest BCUT2D eigenvalue weighted by molar-refractivity contribution is 5.82. The van der Waals surface area contributed by atoms with Crippen molar-refractivity contribution in [2.45, 2.75) is 25.4 Å². The second-order valence-corrected chi connectivity index (χ2v) is 6.36. The molecule has 1 saturated heterocycles. The number of hydrogen-bond acceptors (Lipinski definition) is 4. The zero-order valence-corrected chi connectivity index (χ0v) is 14.5. The minimum atomic E-state index is -0.220. The molecule has 1 amide bonds. The van der Waals surface area contributed by atoms with Gasteiger partial charge < -0.3 is 10.0 Å². The standard InChI is InChI=1S/C18H29N3O2/c1-4-16(14-22)20-10-12-21(13-11-20)17(18(23)19(2)3)15-8-6-5-7-9-15/h5-9,16-17,22H,4,10-14H2,1-3H3. The highest BCUT2D eigenvalue weighted by Crippen LogP contribution is 2.24. The third-order valence-electron chi connectivity index (χ3n) is 4.70. The van der Waals surface area contributed by atoms with Gasteiger partial charge in [-0.25, -0.2) is 0 Å². The summed E-state index contributed by atoms with van der Waals surface area (Å²) in [5.41, 5.74) is 1.05. The molecule has 2 atom stereocenters. The Morgan fingerprint density at radius 1 is 1.13 bits per heavy atom. The van der Waals surface area contributed by atoms with E-state index in [2.05, 4.69) is 16.7 Å². The normalized spacial score (nSPS) is 19.3. The number of likely N-dealkylation sites (N-methyl/N-ethyl adjacent to an activating group) is 1. The molecule has 1 aromatic carbocycles. The number of piperazine rings is 1. The minimum absolute atomic E-state index is 0.124. The Morgan fingerprint density at radius 3 is 2.17 bits per heavy atom. The molecule has 1 N–H and O–H groups in total. The van der Waals surface area contributed by atoms with Crippen molar-refractivity contribution in [1.29, 1.82) is 0 Å². The van der Waals surface area contributed by atoms with E-state index >= 15 is 0 Å². The zero-order valence-electron chi connectivity index (χ0n) is 14.5. The Morgan fingerprint density at radius 2 is 1.70 bits per heavy atom. The largest absolute Gasteiger partial charge is 0.395 e. The summed E-state index contributed by atoms with van der Waals surface area (Å²) < 4.78 is 0. The van der Waals surface area contributed by atoms with Gasteiger partial charge in [0.1, 0.15) is 6.04 Å². The van der Waals surface area contributed by atoms with Crippen LogP contribution in [0.15, 0.2) is 30.3 Å². The molecule has 128 valence electrons. The Bertz CT molecular complexity index is 480. The van der Waals surface area contributed by atoms with Crippen molar-refractivity contribution in [1.82, 2.24) is 14.7 Å². The molecular formula is C18H29N3O2. The molecule has 2 unspecified atom stereocenters. The van der Waals surface area contributed by atoms with Crippen LogP contribution < -0.4 is 0 Å². The van der Waals surface area contributed by atoms with Gasteiger partial charge in [-0.05, 0) is 12.0 Å². The van der Waals surface area contributed by atoms with Crippen molar-refractivity contribution in [3.05, 3.63) is 35.9 Å². The lowest BCUT2D eigenvalue weighted by Gasteiger charge is -2.41. The smallest absolute Gasteiger partial charge is 0.244 e. The molecule has 5 nitrogen and oxygen atoms in total. The quantitative estimate of drug-likeness (QED) is 0.856. The van der Waals surface area contributed by atoms with Crippen molar-refractivity contribution in [3.63, 3.8) is 0 Å². The van der Waals surface area contributed by atoms with Crippen molar-refractivity contribution in [2.75, 3.05) is 46.9 Å². The van der Waals surface area contributed by atoms with Gasteiger partial charge in [0.2, 0.25) is 5.91 Å². The SMILES string of the molecule is CCC(CO)N1CCN(C(C(=O)N(C)C)c2ccccc2)CC1. The van der Waals surface area contributed by atoms with Crippen LogP contribution in [0, 0.1) is 0 Å². The third-order valence-corrected chi connectivity index (χ3v) is 4.70. The van der Waals surface area contributed by atoms with E-state index in [1.54, 1.807) is 4.90 Å². The van der Waals surface area contributed by atoms with Crippen molar-refractivity contribution >= 4 is 5.91 Å². The number of carbonyl (C=O) groups is 1. The van der Waals surface area contributed by atoms with Crippen molar-refractivity contribution in [3.8, 4) is 0 Å². The molecule has 1 aromatic rings. The van der Waals surface area contributed by atoms with E-state index in [4.69, 9.17) is 0 Å². The molecule has 23 heavy (non-hydrogen) atoms. The van der Waals surface area contributed by atoms with Crippen molar-refractivity contribution in [2.24, 2.45) is 0 Å². The Labute approximate surface area is 139 Å². The van der Waals surface area contributed by atoms with E-state index < -0.39 is 0 Å². The fraction of sp³-hybridized carbons (Fsp3) is 0.611. The van der Waals surface area contributed by atoms with Crippen LogP contribution in [0.25, 0.3) is 0 Å². The maximum atomic E-state index is 12.7. The number of nitrogens with zero attached hydrogens (tertiary/aromatic N) is 3. The lowest BCUT2D eigenvalue weighted by atomic mass is 10.0. The number of carbonyl (C=O) groups excluding carboxylic acids is 1. The van der Waals surface area contributed by atoms with Crippen LogP contribution in [0.1, 0.15) is 24.9 Å². The molecule has 0 aromatic heterocycles. The third kappa shape index (κ3) is 4.31. The predicted molar refractivity (Wildman–Crippen MR) is 92.2 cm³/mol. The summed E-state index contributed by atoms with van der Waals surface area (Å²) in [6.45, 7) is 5.78. The van der Waals surface area contributed by atoms with Gasteiger partial charge in [-0.3, -0.25) is 14.6 Å². The summed E-state index contributed by atoms with van der Waals surface area (Å²) >= 11 is 0. The molecule has 1 fully saturated rings. The lowest BCUT2D eigenvalue weighted by Crippen LogP contribution is -2.54. The summed E-state index contributed by atoms with van der Waals surface area (Å²) in [5, 5.41) is 9.48. The van der Waals surface area contributed by atoms with Crippen molar-refractivity contribution < 1.29 is 9.90 Å². The molecule has 0 spiro atoms. The summed E-state index contributed by atoms with van der Waals surface area (Å²) in [6, 6.07) is 10.0. The molecular weight excluding hydrogens is 290 g/mol. The molecule has 1 aliphatic rings. The summed E-state index contributed by atoms with van der Waals surface area (Å²) in [6.07, 6.45) is 0.954. The Balaban J connectivity index is 2.11. The van der Waals surface area contributed by atoms with Crippen LogP contribution in [0.3, 0.4) is 0 Å². The summed E-state index contributed by atoms with van der Waals surface area (Å²) in [4.78, 5) is 19.0. The average molecular weight is 319 g/mol. The van der Waals surface area contributed by atoms with E-state index in [0.29, 0.717) is 0 Å². The van der Waals surface area contributed by atoms with E-state index in [1.165, 1.54) is 0 Å². The van der Waals surface area contributed by atoms with Gasteiger partial charge in [-0.2, -0.15) is 0 Å². The van der Waals surface area contributed by atoms with Gasteiger partial charge in [0.05, 0.1) is 6.61 Å². The number of amides is 1. The van der Waals surface area contributed by atoms with Gasteiger partial charge in [0, 0.05) is 46.3 Å². The molecule has 0 bridgehead atoms. The Kier molecular flexibility index (Phi) is 6.57. The number of benzene rings is 1. The van der Waals surface area contributed by atoms with E-state index in [1.807, 2.05) is 44.4 Å². The lowest BCUT2D eigenvalue weighted by molar-refractivity contribution is -0.135. The van der Waals surface area contributed by atoms with Gasteiger partial charge >= 0.3 is 0 Å². The van der Waals surface area contributed by atoms with E-state index in [-0.39, 0.29) is 24.6 Å². The monoisotopic (exact) mass is 319 g/mol. The molecule has 0 radical (unpaired) electrons. The van der Waals surface area contributed by atoms with Crippen LogP contribution in [0.4, 0.5) is 0 Å². The summed E-state index contributed by atoms with van der Waals surface area (Å²) in [5.74, 6) is 0.124. The minimum Gasteiger partial charge on any atom is -0.395 e. The van der Waals surface area contributed by atoms with E-state index in [0.717, 1.165) is 38.2 Å². The molecule has 0 saturated carbocycles. The molecule has 0 aliphatic carbocycles. The number of aliphatic hydroxyl groups excluding tert-OH is 1. The van der Waals surface area contributed by atoms with Crippen LogP contribution in [0.2, 0.25) is 0 Å². The molecule has 5 heteroatoms. The fourth-order valence-corrected chi connectivity index (χ4v) is 3.25. The molecule has 1 heterocycles. The highest BCUT2D eigenvalue weighted by Gasteiger charge is 2.32. The topological polar surface area (TPSA) is 47.0 Å². The zero-order chi connectivity index (χ0) is 16.8. The number of rotatable bonds is 6. The first kappa shape index (κ1) is 17.9. The number of hydrogen-bond donors (Lipinski definition) is 1. The first-order valence-corrected chi connectivity index (χ1v) is 8.43. The fourth-order valence-electron chi connectivity index (χ4n) is 3.25. The molecule has 2 rings (SSSR count). The first-order valence-electron chi connectivity index (χ1n) is 8.43. The van der Waals surface area contributed by atoms with Crippen LogP contribution in [-0.2, 0) is 4.79 Å². The Hall–Kier alpha value is -1.43.